The third-order valence-corrected chi connectivity index (χ3v) is 5.23. The van der Waals surface area contributed by atoms with E-state index >= 15 is 0 Å². The summed E-state index contributed by atoms with van der Waals surface area (Å²) in [4.78, 5) is 37.9. The van der Waals surface area contributed by atoms with E-state index in [2.05, 4.69) is 25.6 Å². The summed E-state index contributed by atoms with van der Waals surface area (Å²) in [6.07, 6.45) is 3.51. The second kappa shape index (κ2) is 7.65. The van der Waals surface area contributed by atoms with E-state index in [0.717, 1.165) is 24.4 Å². The van der Waals surface area contributed by atoms with Crippen molar-refractivity contribution in [3.63, 3.8) is 0 Å². The summed E-state index contributed by atoms with van der Waals surface area (Å²) < 4.78 is 5.78. The molecule has 0 saturated heterocycles. The molecule has 1 amide bonds. The number of anilines is 3. The van der Waals surface area contributed by atoms with Gasteiger partial charge in [-0.05, 0) is 37.8 Å². The zero-order valence-corrected chi connectivity index (χ0v) is 16.7. The molecule has 1 aliphatic carbocycles. The number of nitrogens with zero attached hydrogens (tertiary/aromatic N) is 4. The Hall–Kier alpha value is -3.23. The fourth-order valence-corrected chi connectivity index (χ4v) is 3.57. The number of Topliss-reactive ketones (excluding diaryl/α,β-unsaturated/α-hetero) is 1. The average molecular weight is 396 g/mol. The van der Waals surface area contributed by atoms with Crippen molar-refractivity contribution in [3.05, 3.63) is 29.7 Å². The summed E-state index contributed by atoms with van der Waals surface area (Å²) >= 11 is 0. The first-order chi connectivity index (χ1) is 13.9. The van der Waals surface area contributed by atoms with Crippen molar-refractivity contribution in [2.45, 2.75) is 32.7 Å². The minimum atomic E-state index is -0.0577. The van der Waals surface area contributed by atoms with E-state index in [9.17, 15) is 9.59 Å². The molecule has 1 saturated carbocycles. The Balaban J connectivity index is 1.29. The number of rotatable bonds is 6. The highest BCUT2D eigenvalue weighted by Gasteiger charge is 2.31. The Labute approximate surface area is 168 Å². The Bertz CT molecular complexity index is 940. The van der Waals surface area contributed by atoms with Crippen LogP contribution in [0.5, 0.6) is 5.75 Å². The number of aryl methyl sites for hydroxylation is 1. The van der Waals surface area contributed by atoms with Crippen molar-refractivity contribution >= 4 is 29.1 Å². The number of fused-ring (bicyclic) bond motifs is 1. The molecule has 1 fully saturated rings. The first-order valence-electron chi connectivity index (χ1n) is 9.65. The van der Waals surface area contributed by atoms with Crippen LogP contribution in [0.2, 0.25) is 0 Å². The second-order valence-corrected chi connectivity index (χ2v) is 7.66. The molecule has 2 aromatic rings. The fourth-order valence-electron chi connectivity index (χ4n) is 3.57. The molecular weight excluding hydrogens is 372 g/mol. The summed E-state index contributed by atoms with van der Waals surface area (Å²) in [6.45, 7) is 4.26. The summed E-state index contributed by atoms with van der Waals surface area (Å²) in [5.74, 6) is 2.32. The van der Waals surface area contributed by atoms with Gasteiger partial charge in [0.15, 0.2) is 11.6 Å². The Morgan fingerprint density at radius 1 is 1.34 bits per heavy atom. The number of hydrogen-bond donors (Lipinski definition) is 2. The van der Waals surface area contributed by atoms with Gasteiger partial charge in [0.25, 0.3) is 0 Å². The molecule has 29 heavy (non-hydrogen) atoms. The van der Waals surface area contributed by atoms with Gasteiger partial charge in [0.2, 0.25) is 11.9 Å². The predicted octanol–water partition coefficient (Wildman–Crippen LogP) is 2.04. The number of pyridine rings is 1. The normalized spacial score (nSPS) is 20.4. The lowest BCUT2D eigenvalue weighted by Crippen LogP contribution is -2.40. The SMILES string of the molecule is CC(=O)c1ccc(OCC2CC(Nc3nc(C)c4c(n3)N(C)CC(=O)N4)C2)cn1. The summed E-state index contributed by atoms with van der Waals surface area (Å²) in [7, 11) is 1.85. The summed E-state index contributed by atoms with van der Waals surface area (Å²) in [5, 5.41) is 6.22. The highest BCUT2D eigenvalue weighted by molar-refractivity contribution is 6.00. The molecule has 2 N–H and O–H groups in total. The van der Waals surface area contributed by atoms with Crippen LogP contribution in [-0.4, -0.2) is 52.9 Å². The van der Waals surface area contributed by atoms with Crippen LogP contribution >= 0.6 is 0 Å². The number of carbonyl (C=O) groups is 2. The van der Waals surface area contributed by atoms with Crippen molar-refractivity contribution in [2.24, 2.45) is 5.92 Å². The molecule has 9 heteroatoms. The number of nitrogens with one attached hydrogen (secondary N) is 2. The Kier molecular flexibility index (Phi) is 5.04. The van der Waals surface area contributed by atoms with Gasteiger partial charge >= 0.3 is 0 Å². The van der Waals surface area contributed by atoms with E-state index in [1.807, 2.05) is 18.9 Å². The Morgan fingerprint density at radius 3 is 2.83 bits per heavy atom. The molecule has 0 aromatic carbocycles. The molecule has 2 aromatic heterocycles. The molecular formula is C20H24N6O3. The van der Waals surface area contributed by atoms with Crippen LogP contribution in [0.3, 0.4) is 0 Å². The van der Waals surface area contributed by atoms with E-state index in [1.54, 1.807) is 18.3 Å². The second-order valence-electron chi connectivity index (χ2n) is 7.66. The number of hydrogen-bond acceptors (Lipinski definition) is 8. The molecule has 2 aliphatic rings. The minimum absolute atomic E-state index is 0.0552. The molecule has 9 nitrogen and oxygen atoms in total. The van der Waals surface area contributed by atoms with Crippen LogP contribution in [0.25, 0.3) is 0 Å². The van der Waals surface area contributed by atoms with E-state index in [4.69, 9.17) is 4.74 Å². The van der Waals surface area contributed by atoms with Crippen molar-refractivity contribution < 1.29 is 14.3 Å². The topological polar surface area (TPSA) is 109 Å². The third-order valence-electron chi connectivity index (χ3n) is 5.23. The largest absolute Gasteiger partial charge is 0.492 e. The van der Waals surface area contributed by atoms with Gasteiger partial charge in [-0.25, -0.2) is 9.97 Å². The fraction of sp³-hybridized carbons (Fsp3) is 0.450. The lowest BCUT2D eigenvalue weighted by molar-refractivity contribution is -0.115. The molecule has 152 valence electrons. The van der Waals surface area contributed by atoms with Gasteiger partial charge < -0.3 is 20.3 Å². The number of likely N-dealkylation sites (N-methyl/N-ethyl adjacent to an activating group) is 1. The van der Waals surface area contributed by atoms with Crippen molar-refractivity contribution in [1.82, 2.24) is 15.0 Å². The lowest BCUT2D eigenvalue weighted by atomic mass is 9.81. The molecule has 3 heterocycles. The van der Waals surface area contributed by atoms with E-state index in [-0.39, 0.29) is 18.2 Å². The monoisotopic (exact) mass is 396 g/mol. The smallest absolute Gasteiger partial charge is 0.244 e. The quantitative estimate of drug-likeness (QED) is 0.714. The van der Waals surface area contributed by atoms with Crippen molar-refractivity contribution in [1.29, 1.82) is 0 Å². The van der Waals surface area contributed by atoms with Crippen molar-refractivity contribution in [2.75, 3.05) is 35.7 Å². The van der Waals surface area contributed by atoms with Crippen LogP contribution in [0.15, 0.2) is 18.3 Å². The number of ether oxygens (including phenoxy) is 1. The average Bonchev–Trinajstić information content (AvgIpc) is 2.64. The zero-order chi connectivity index (χ0) is 20.5. The van der Waals surface area contributed by atoms with E-state index in [1.165, 1.54) is 6.92 Å². The van der Waals surface area contributed by atoms with E-state index < -0.39 is 0 Å². The standard InChI is InChI=1S/C20H24N6O3/c1-11-18-19(26(3)9-17(28)24-18)25-20(22-11)23-14-6-13(7-14)10-29-15-4-5-16(12(2)27)21-8-15/h4-5,8,13-14H,6-7,9-10H2,1-3H3,(H,24,28)(H,22,23,25). The van der Waals surface area contributed by atoms with Crippen LogP contribution in [0, 0.1) is 12.8 Å². The predicted molar refractivity (Wildman–Crippen MR) is 109 cm³/mol. The summed E-state index contributed by atoms with van der Waals surface area (Å²) in [5.41, 5.74) is 1.87. The van der Waals surface area contributed by atoms with Crippen molar-refractivity contribution in [3.8, 4) is 5.75 Å². The van der Waals surface area contributed by atoms with Gasteiger partial charge in [0.05, 0.1) is 25.0 Å². The lowest BCUT2D eigenvalue weighted by Gasteiger charge is -2.36. The van der Waals surface area contributed by atoms with Gasteiger partial charge in [-0.2, -0.15) is 4.98 Å². The van der Waals surface area contributed by atoms with Gasteiger partial charge in [0, 0.05) is 20.0 Å². The number of carbonyl (C=O) groups excluding carboxylic acids is 2. The molecule has 0 radical (unpaired) electrons. The minimum Gasteiger partial charge on any atom is -0.492 e. The Morgan fingerprint density at radius 2 is 2.14 bits per heavy atom. The first-order valence-corrected chi connectivity index (χ1v) is 9.65. The van der Waals surface area contributed by atoms with E-state index in [0.29, 0.717) is 41.6 Å². The van der Waals surface area contributed by atoms with Gasteiger partial charge in [-0.3, -0.25) is 9.59 Å². The highest BCUT2D eigenvalue weighted by Crippen LogP contribution is 2.33. The number of amides is 1. The molecule has 4 rings (SSSR count). The first kappa shape index (κ1) is 19.1. The summed E-state index contributed by atoms with van der Waals surface area (Å²) in [6, 6.07) is 3.75. The van der Waals surface area contributed by atoms with Crippen LogP contribution < -0.4 is 20.3 Å². The number of aromatic nitrogens is 3. The molecule has 0 atom stereocenters. The molecule has 0 bridgehead atoms. The molecule has 0 unspecified atom stereocenters. The van der Waals surface area contributed by atoms with Gasteiger partial charge in [0.1, 0.15) is 17.1 Å². The number of ketones is 1. The third kappa shape index (κ3) is 4.13. The highest BCUT2D eigenvalue weighted by atomic mass is 16.5. The van der Waals surface area contributed by atoms with Gasteiger partial charge in [-0.1, -0.05) is 0 Å². The maximum absolute atomic E-state index is 11.7. The zero-order valence-electron chi connectivity index (χ0n) is 16.7. The maximum atomic E-state index is 11.7. The van der Waals surface area contributed by atoms with Gasteiger partial charge in [-0.15, -0.1) is 0 Å². The maximum Gasteiger partial charge on any atom is 0.244 e. The molecule has 1 aliphatic heterocycles. The van der Waals surface area contributed by atoms with Crippen LogP contribution in [0.4, 0.5) is 17.5 Å². The molecule has 0 spiro atoms. The van der Waals surface area contributed by atoms with Crippen LogP contribution in [0.1, 0.15) is 35.9 Å². The van der Waals surface area contributed by atoms with Crippen LogP contribution in [-0.2, 0) is 4.79 Å².